The number of rotatable bonds is 2. The average molecular weight is 254 g/mol. The molecule has 1 aliphatic rings. The predicted octanol–water partition coefficient (Wildman–Crippen LogP) is 3.60. The van der Waals surface area contributed by atoms with Crippen LogP contribution >= 0.6 is 15.9 Å². The van der Waals surface area contributed by atoms with Crippen molar-refractivity contribution in [3.8, 4) is 0 Å². The summed E-state index contributed by atoms with van der Waals surface area (Å²) < 4.78 is 1.26. The molecule has 0 atom stereocenters. The van der Waals surface area contributed by atoms with Crippen molar-refractivity contribution in [3.05, 3.63) is 28.2 Å². The number of nitrogens with zero attached hydrogens (tertiary/aromatic N) is 1. The lowest BCUT2D eigenvalue weighted by molar-refractivity contribution is 0.398. The highest BCUT2D eigenvalue weighted by Crippen LogP contribution is 2.34. The largest absolute Gasteiger partial charge is 0.370 e. The van der Waals surface area contributed by atoms with E-state index in [2.05, 4.69) is 52.9 Å². The molecular weight excluding hydrogens is 238 g/mol. The van der Waals surface area contributed by atoms with Gasteiger partial charge in [-0.2, -0.15) is 0 Å². The molecule has 2 heteroatoms. The molecule has 1 fully saturated rings. The van der Waals surface area contributed by atoms with Crippen LogP contribution in [0.15, 0.2) is 22.7 Å². The second kappa shape index (κ2) is 3.93. The van der Waals surface area contributed by atoms with E-state index in [9.17, 15) is 0 Å². The fraction of sp³-hybridized carbons (Fsp3) is 0.500. The van der Waals surface area contributed by atoms with Gasteiger partial charge in [0.15, 0.2) is 0 Å². The Morgan fingerprint density at radius 2 is 2.14 bits per heavy atom. The highest BCUT2D eigenvalue weighted by atomic mass is 79.9. The molecule has 0 amide bonds. The third-order valence-electron chi connectivity index (χ3n) is 3.05. The van der Waals surface area contributed by atoms with Gasteiger partial charge in [0.2, 0.25) is 0 Å². The van der Waals surface area contributed by atoms with Crippen LogP contribution in [-0.4, -0.2) is 13.1 Å². The molecule has 1 heterocycles. The summed E-state index contributed by atoms with van der Waals surface area (Å²) in [4.78, 5) is 2.45. The Balaban J connectivity index is 2.14. The van der Waals surface area contributed by atoms with E-state index in [-0.39, 0.29) is 0 Å². The molecule has 14 heavy (non-hydrogen) atoms. The number of hydrogen-bond acceptors (Lipinski definition) is 1. The van der Waals surface area contributed by atoms with Crippen molar-refractivity contribution in [2.24, 2.45) is 5.92 Å². The van der Waals surface area contributed by atoms with E-state index >= 15 is 0 Å². The summed E-state index contributed by atoms with van der Waals surface area (Å²) in [7, 11) is 0. The molecule has 1 aliphatic heterocycles. The molecule has 1 nitrogen and oxygen atoms in total. The van der Waals surface area contributed by atoms with Gasteiger partial charge in [-0.3, -0.25) is 0 Å². The minimum atomic E-state index is 0.905. The molecule has 0 aromatic heterocycles. The summed E-state index contributed by atoms with van der Waals surface area (Å²) in [6.45, 7) is 6.86. The van der Waals surface area contributed by atoms with Gasteiger partial charge in [0.1, 0.15) is 0 Å². The average Bonchev–Trinajstić information content (AvgIpc) is 2.10. The zero-order chi connectivity index (χ0) is 10.1. The summed E-state index contributed by atoms with van der Waals surface area (Å²) in [6.07, 6.45) is 1.31. The monoisotopic (exact) mass is 253 g/mol. The van der Waals surface area contributed by atoms with Crippen molar-refractivity contribution in [3.63, 3.8) is 0 Å². The molecule has 0 bridgehead atoms. The Hall–Kier alpha value is -0.500. The lowest BCUT2D eigenvalue weighted by atomic mass is 9.96. The van der Waals surface area contributed by atoms with E-state index in [1.54, 1.807) is 0 Å². The van der Waals surface area contributed by atoms with Crippen molar-refractivity contribution >= 4 is 21.6 Å². The SMILES string of the molecule is CCC1CN(c2cccc(C)c2Br)C1. The molecule has 0 spiro atoms. The minimum Gasteiger partial charge on any atom is -0.370 e. The summed E-state index contributed by atoms with van der Waals surface area (Å²) in [5.74, 6) is 0.905. The summed E-state index contributed by atoms with van der Waals surface area (Å²) in [5, 5.41) is 0. The lowest BCUT2D eigenvalue weighted by Crippen LogP contribution is -2.46. The molecule has 1 saturated heterocycles. The number of halogens is 1. The maximum atomic E-state index is 3.66. The van der Waals surface area contributed by atoms with Crippen LogP contribution < -0.4 is 4.90 Å². The molecule has 2 rings (SSSR count). The van der Waals surface area contributed by atoms with Crippen molar-refractivity contribution in [1.82, 2.24) is 0 Å². The Bertz CT molecular complexity index is 329. The van der Waals surface area contributed by atoms with E-state index in [1.807, 2.05) is 0 Å². The number of hydrogen-bond donors (Lipinski definition) is 0. The van der Waals surface area contributed by atoms with Crippen molar-refractivity contribution in [1.29, 1.82) is 0 Å². The van der Waals surface area contributed by atoms with Gasteiger partial charge >= 0.3 is 0 Å². The van der Waals surface area contributed by atoms with E-state index in [0.29, 0.717) is 0 Å². The van der Waals surface area contributed by atoms with Gasteiger partial charge in [-0.05, 0) is 46.8 Å². The molecular formula is C12H16BrN. The molecule has 0 N–H and O–H groups in total. The van der Waals surface area contributed by atoms with Crippen LogP contribution in [0.25, 0.3) is 0 Å². The van der Waals surface area contributed by atoms with E-state index in [1.165, 1.54) is 35.2 Å². The van der Waals surface area contributed by atoms with Crippen molar-refractivity contribution in [2.45, 2.75) is 20.3 Å². The van der Waals surface area contributed by atoms with Crippen molar-refractivity contribution in [2.75, 3.05) is 18.0 Å². The fourth-order valence-corrected chi connectivity index (χ4v) is 2.42. The second-order valence-electron chi connectivity index (χ2n) is 4.09. The first kappa shape index (κ1) is 10.0. The Labute approximate surface area is 94.2 Å². The zero-order valence-electron chi connectivity index (χ0n) is 8.76. The molecule has 1 aromatic carbocycles. The first-order chi connectivity index (χ1) is 6.72. The van der Waals surface area contributed by atoms with E-state index < -0.39 is 0 Å². The molecule has 0 aliphatic carbocycles. The topological polar surface area (TPSA) is 3.24 Å². The standard InChI is InChI=1S/C12H16BrN/c1-3-10-7-14(8-10)11-6-4-5-9(2)12(11)13/h4-6,10H,3,7-8H2,1-2H3. The van der Waals surface area contributed by atoms with Gasteiger partial charge in [0.25, 0.3) is 0 Å². The third kappa shape index (κ3) is 1.68. The van der Waals surface area contributed by atoms with Gasteiger partial charge in [0, 0.05) is 17.6 Å². The second-order valence-corrected chi connectivity index (χ2v) is 4.88. The quantitative estimate of drug-likeness (QED) is 0.779. The van der Waals surface area contributed by atoms with Crippen LogP contribution in [0, 0.1) is 12.8 Å². The normalized spacial score (nSPS) is 16.9. The number of benzene rings is 1. The predicted molar refractivity (Wildman–Crippen MR) is 64.9 cm³/mol. The molecule has 0 radical (unpaired) electrons. The first-order valence-electron chi connectivity index (χ1n) is 5.22. The van der Waals surface area contributed by atoms with Gasteiger partial charge in [0.05, 0.1) is 5.69 Å². The summed E-state index contributed by atoms with van der Waals surface area (Å²) >= 11 is 3.66. The van der Waals surface area contributed by atoms with Crippen molar-refractivity contribution < 1.29 is 0 Å². The van der Waals surface area contributed by atoms with Crippen LogP contribution in [0.4, 0.5) is 5.69 Å². The zero-order valence-corrected chi connectivity index (χ0v) is 10.3. The Morgan fingerprint density at radius 3 is 2.79 bits per heavy atom. The molecule has 0 saturated carbocycles. The van der Waals surface area contributed by atoms with E-state index in [0.717, 1.165) is 5.92 Å². The summed E-state index contributed by atoms with van der Waals surface area (Å²) in [6, 6.07) is 6.47. The summed E-state index contributed by atoms with van der Waals surface area (Å²) in [5.41, 5.74) is 2.68. The van der Waals surface area contributed by atoms with Crippen LogP contribution in [0.5, 0.6) is 0 Å². The third-order valence-corrected chi connectivity index (χ3v) is 4.08. The minimum absolute atomic E-state index is 0.905. The van der Waals surface area contributed by atoms with E-state index in [4.69, 9.17) is 0 Å². The lowest BCUT2D eigenvalue weighted by Gasteiger charge is -2.41. The smallest absolute Gasteiger partial charge is 0.0513 e. The Kier molecular flexibility index (Phi) is 2.82. The van der Waals surface area contributed by atoms with Gasteiger partial charge < -0.3 is 4.90 Å². The number of anilines is 1. The van der Waals surface area contributed by atoms with Crippen LogP contribution in [0.2, 0.25) is 0 Å². The van der Waals surface area contributed by atoms with Crippen LogP contribution in [0.3, 0.4) is 0 Å². The van der Waals surface area contributed by atoms with Gasteiger partial charge in [-0.15, -0.1) is 0 Å². The maximum absolute atomic E-state index is 3.66. The molecule has 76 valence electrons. The molecule has 1 aromatic rings. The van der Waals surface area contributed by atoms with Gasteiger partial charge in [-0.1, -0.05) is 19.1 Å². The van der Waals surface area contributed by atoms with Crippen LogP contribution in [-0.2, 0) is 0 Å². The fourth-order valence-electron chi connectivity index (χ4n) is 1.90. The Morgan fingerprint density at radius 1 is 1.43 bits per heavy atom. The maximum Gasteiger partial charge on any atom is 0.0513 e. The van der Waals surface area contributed by atoms with Crippen LogP contribution in [0.1, 0.15) is 18.9 Å². The molecule has 0 unspecified atom stereocenters. The number of aryl methyl sites for hydroxylation is 1. The highest BCUT2D eigenvalue weighted by molar-refractivity contribution is 9.10. The van der Waals surface area contributed by atoms with Gasteiger partial charge in [-0.25, -0.2) is 0 Å². The highest BCUT2D eigenvalue weighted by Gasteiger charge is 2.26. The first-order valence-corrected chi connectivity index (χ1v) is 6.01.